The Morgan fingerprint density at radius 2 is 2.25 bits per heavy atom. The van der Waals surface area contributed by atoms with E-state index in [0.717, 1.165) is 0 Å². The second kappa shape index (κ2) is 3.08. The summed E-state index contributed by atoms with van der Waals surface area (Å²) in [6.45, 7) is 0. The molecule has 0 fully saturated rings. The predicted octanol–water partition coefficient (Wildman–Crippen LogP) is -0.229. The van der Waals surface area contributed by atoms with Crippen molar-refractivity contribution in [1.29, 1.82) is 0 Å². The van der Waals surface area contributed by atoms with Gasteiger partial charge in [-0.3, -0.25) is 9.78 Å². The van der Waals surface area contributed by atoms with Crippen LogP contribution in [-0.4, -0.2) is 18.0 Å². The van der Waals surface area contributed by atoms with Gasteiger partial charge in [0.05, 0.1) is 25.2 Å². The molecule has 64 valence electrons. The molecule has 1 aromatic heterocycles. The van der Waals surface area contributed by atoms with E-state index in [-0.39, 0.29) is 11.3 Å². The van der Waals surface area contributed by atoms with Crippen LogP contribution in [0.15, 0.2) is 12.4 Å². The van der Waals surface area contributed by atoms with E-state index >= 15 is 0 Å². The number of carbonyl (C=O) groups excluding carboxylic acids is 1. The SMILES string of the molecule is COc1cncc(N)c1C(N)=O. The van der Waals surface area contributed by atoms with Gasteiger partial charge in [-0.25, -0.2) is 0 Å². The summed E-state index contributed by atoms with van der Waals surface area (Å²) in [7, 11) is 1.42. The van der Waals surface area contributed by atoms with Crippen molar-refractivity contribution < 1.29 is 9.53 Å². The minimum absolute atomic E-state index is 0.174. The fourth-order valence-corrected chi connectivity index (χ4v) is 0.875. The Kier molecular flexibility index (Phi) is 2.14. The summed E-state index contributed by atoms with van der Waals surface area (Å²) in [5, 5.41) is 0. The highest BCUT2D eigenvalue weighted by molar-refractivity contribution is 6.00. The van der Waals surface area contributed by atoms with E-state index in [1.807, 2.05) is 0 Å². The van der Waals surface area contributed by atoms with Crippen LogP contribution in [-0.2, 0) is 0 Å². The van der Waals surface area contributed by atoms with Gasteiger partial charge in [0.15, 0.2) is 5.75 Å². The average Bonchev–Trinajstić information content (AvgIpc) is 2.03. The lowest BCUT2D eigenvalue weighted by Gasteiger charge is -2.05. The normalized spacial score (nSPS) is 9.42. The smallest absolute Gasteiger partial charge is 0.254 e. The van der Waals surface area contributed by atoms with Gasteiger partial charge in [0.1, 0.15) is 5.56 Å². The van der Waals surface area contributed by atoms with Crippen LogP contribution in [0.2, 0.25) is 0 Å². The molecule has 5 heteroatoms. The number of ether oxygens (including phenoxy) is 1. The van der Waals surface area contributed by atoms with Crippen molar-refractivity contribution in [3.8, 4) is 5.75 Å². The zero-order chi connectivity index (χ0) is 9.14. The molecule has 0 saturated carbocycles. The molecular weight excluding hydrogens is 158 g/mol. The van der Waals surface area contributed by atoms with E-state index in [2.05, 4.69) is 4.98 Å². The van der Waals surface area contributed by atoms with Crippen molar-refractivity contribution in [1.82, 2.24) is 4.98 Å². The summed E-state index contributed by atoms with van der Waals surface area (Å²) >= 11 is 0. The number of methoxy groups -OCH3 is 1. The van der Waals surface area contributed by atoms with E-state index in [1.165, 1.54) is 19.5 Å². The van der Waals surface area contributed by atoms with Gasteiger partial charge in [-0.2, -0.15) is 0 Å². The van der Waals surface area contributed by atoms with Crippen LogP contribution < -0.4 is 16.2 Å². The molecule has 1 rings (SSSR count). The molecule has 1 aromatic rings. The van der Waals surface area contributed by atoms with Gasteiger partial charge < -0.3 is 16.2 Å². The molecule has 0 bridgehead atoms. The van der Waals surface area contributed by atoms with Gasteiger partial charge in [0.25, 0.3) is 5.91 Å². The number of anilines is 1. The Labute approximate surface area is 69.3 Å². The Morgan fingerprint density at radius 1 is 1.58 bits per heavy atom. The third kappa shape index (κ3) is 1.29. The number of nitrogens with two attached hydrogens (primary N) is 2. The van der Waals surface area contributed by atoms with E-state index in [9.17, 15) is 4.79 Å². The Bertz CT molecular complexity index is 312. The maximum Gasteiger partial charge on any atom is 0.254 e. The molecule has 0 saturated heterocycles. The third-order valence-corrected chi connectivity index (χ3v) is 1.41. The maximum atomic E-state index is 10.8. The van der Waals surface area contributed by atoms with E-state index < -0.39 is 5.91 Å². The summed E-state index contributed by atoms with van der Waals surface area (Å²) in [6, 6.07) is 0. The molecule has 4 N–H and O–H groups in total. The Morgan fingerprint density at radius 3 is 2.67 bits per heavy atom. The van der Waals surface area contributed by atoms with Gasteiger partial charge in [-0.1, -0.05) is 0 Å². The van der Waals surface area contributed by atoms with Crippen molar-refractivity contribution in [3.05, 3.63) is 18.0 Å². The second-order valence-corrected chi connectivity index (χ2v) is 2.17. The van der Waals surface area contributed by atoms with E-state index in [0.29, 0.717) is 5.75 Å². The zero-order valence-corrected chi connectivity index (χ0v) is 6.57. The number of aromatic nitrogens is 1. The molecule has 1 heterocycles. The van der Waals surface area contributed by atoms with Crippen LogP contribution in [0.1, 0.15) is 10.4 Å². The number of carbonyl (C=O) groups is 1. The van der Waals surface area contributed by atoms with Crippen LogP contribution in [0.3, 0.4) is 0 Å². The fourth-order valence-electron chi connectivity index (χ4n) is 0.875. The number of pyridine rings is 1. The van der Waals surface area contributed by atoms with Gasteiger partial charge in [-0.05, 0) is 0 Å². The number of hydrogen-bond acceptors (Lipinski definition) is 4. The first-order valence-electron chi connectivity index (χ1n) is 3.24. The number of nitrogen functional groups attached to an aromatic ring is 1. The van der Waals surface area contributed by atoms with Crippen LogP contribution >= 0.6 is 0 Å². The molecule has 12 heavy (non-hydrogen) atoms. The topological polar surface area (TPSA) is 91.2 Å². The quantitative estimate of drug-likeness (QED) is 0.636. The second-order valence-electron chi connectivity index (χ2n) is 2.17. The minimum atomic E-state index is -0.619. The molecule has 1 amide bonds. The standard InChI is InChI=1S/C7H9N3O2/c1-12-5-3-10-2-4(8)6(5)7(9)11/h2-3H,8H2,1H3,(H2,9,11). The van der Waals surface area contributed by atoms with Crippen LogP contribution in [0.5, 0.6) is 5.75 Å². The van der Waals surface area contributed by atoms with Crippen LogP contribution in [0.25, 0.3) is 0 Å². The van der Waals surface area contributed by atoms with Crippen molar-refractivity contribution in [2.45, 2.75) is 0 Å². The molecule has 0 aromatic carbocycles. The first kappa shape index (κ1) is 8.32. The fraction of sp³-hybridized carbons (Fsp3) is 0.143. The predicted molar refractivity (Wildman–Crippen MR) is 43.7 cm³/mol. The summed E-state index contributed by atoms with van der Waals surface area (Å²) in [4.78, 5) is 14.6. The summed E-state index contributed by atoms with van der Waals surface area (Å²) in [5.41, 5.74) is 10.9. The lowest BCUT2D eigenvalue weighted by molar-refractivity contribution is 0.0998. The molecule has 0 unspecified atom stereocenters. The molecule has 0 spiro atoms. The van der Waals surface area contributed by atoms with Gasteiger partial charge in [-0.15, -0.1) is 0 Å². The Balaban J connectivity index is 3.29. The maximum absolute atomic E-state index is 10.8. The minimum Gasteiger partial charge on any atom is -0.494 e. The summed E-state index contributed by atoms with van der Waals surface area (Å²) in [5.74, 6) is -0.325. The van der Waals surface area contributed by atoms with Crippen molar-refractivity contribution >= 4 is 11.6 Å². The molecule has 0 radical (unpaired) electrons. The molecule has 0 atom stereocenters. The molecule has 0 aliphatic carbocycles. The number of amides is 1. The van der Waals surface area contributed by atoms with Crippen molar-refractivity contribution in [2.75, 3.05) is 12.8 Å². The largest absolute Gasteiger partial charge is 0.494 e. The van der Waals surface area contributed by atoms with Crippen LogP contribution in [0.4, 0.5) is 5.69 Å². The first-order valence-corrected chi connectivity index (χ1v) is 3.24. The van der Waals surface area contributed by atoms with Crippen molar-refractivity contribution in [2.24, 2.45) is 5.73 Å². The summed E-state index contributed by atoms with van der Waals surface area (Å²) < 4.78 is 4.84. The summed E-state index contributed by atoms with van der Waals surface area (Å²) in [6.07, 6.45) is 2.74. The third-order valence-electron chi connectivity index (χ3n) is 1.41. The lowest BCUT2D eigenvalue weighted by atomic mass is 10.2. The average molecular weight is 167 g/mol. The molecule has 0 aliphatic rings. The van der Waals surface area contributed by atoms with Gasteiger partial charge >= 0.3 is 0 Å². The molecular formula is C7H9N3O2. The van der Waals surface area contributed by atoms with Gasteiger partial charge in [0, 0.05) is 0 Å². The first-order chi connectivity index (χ1) is 5.66. The highest BCUT2D eigenvalue weighted by Crippen LogP contribution is 2.21. The van der Waals surface area contributed by atoms with E-state index in [1.54, 1.807) is 0 Å². The number of primary amides is 1. The number of hydrogen-bond donors (Lipinski definition) is 2. The lowest BCUT2D eigenvalue weighted by Crippen LogP contribution is -2.15. The highest BCUT2D eigenvalue weighted by atomic mass is 16.5. The van der Waals surface area contributed by atoms with E-state index in [4.69, 9.17) is 16.2 Å². The Hall–Kier alpha value is -1.78. The highest BCUT2D eigenvalue weighted by Gasteiger charge is 2.12. The number of rotatable bonds is 2. The molecule has 0 aliphatic heterocycles. The molecule has 5 nitrogen and oxygen atoms in total. The monoisotopic (exact) mass is 167 g/mol. The van der Waals surface area contributed by atoms with Crippen molar-refractivity contribution in [3.63, 3.8) is 0 Å². The van der Waals surface area contributed by atoms with Gasteiger partial charge in [0.2, 0.25) is 0 Å². The van der Waals surface area contributed by atoms with Crippen LogP contribution in [0, 0.1) is 0 Å². The number of nitrogens with zero attached hydrogens (tertiary/aromatic N) is 1. The zero-order valence-electron chi connectivity index (χ0n) is 6.57.